The Labute approximate surface area is 228 Å². The lowest BCUT2D eigenvalue weighted by Crippen LogP contribution is -2.45. The molecule has 2 aromatic carbocycles. The molecule has 0 aliphatic rings. The fourth-order valence-corrected chi connectivity index (χ4v) is 3.38. The van der Waals surface area contributed by atoms with Crippen LogP contribution in [0, 0.1) is 58.2 Å². The zero-order valence-corrected chi connectivity index (χ0v) is 21.5. The standard InChI is InChI=1S/C13H23F6N.C12F10/c1-2-3-10-20-13(18,19)11(14)8-6-4-5-7-9-12(15,16)17;13-3-1(4(14)8(18)11(21)7(3)17)2-5(15)9(19)12(22)10(20)6(2)16/h11,20H,2-10H2,1H3;. The van der Waals surface area contributed by atoms with Gasteiger partial charge in [0.2, 0.25) is 11.6 Å². The van der Waals surface area contributed by atoms with E-state index in [4.69, 9.17) is 0 Å². The summed E-state index contributed by atoms with van der Waals surface area (Å²) in [6.07, 6.45) is -5.66. The molecule has 0 saturated heterocycles. The zero-order valence-electron chi connectivity index (χ0n) is 21.5. The topological polar surface area (TPSA) is 12.0 Å². The third-order valence-electron chi connectivity index (χ3n) is 5.62. The summed E-state index contributed by atoms with van der Waals surface area (Å²) in [7, 11) is 0. The summed E-state index contributed by atoms with van der Waals surface area (Å²) in [5, 5.41) is 1.87. The van der Waals surface area contributed by atoms with Crippen molar-refractivity contribution in [2.45, 2.75) is 76.7 Å². The first-order valence-electron chi connectivity index (χ1n) is 12.2. The molecular formula is C25H23F16N. The van der Waals surface area contributed by atoms with Gasteiger partial charge in [0.05, 0.1) is 11.1 Å². The van der Waals surface area contributed by atoms with E-state index in [2.05, 4.69) is 0 Å². The highest BCUT2D eigenvalue weighted by molar-refractivity contribution is 5.67. The number of hydrogen-bond donors (Lipinski definition) is 1. The first-order valence-corrected chi connectivity index (χ1v) is 12.2. The number of unbranched alkanes of at least 4 members (excludes halogenated alkanes) is 4. The molecule has 2 aromatic rings. The van der Waals surface area contributed by atoms with Crippen LogP contribution in [0.15, 0.2) is 0 Å². The number of benzene rings is 2. The van der Waals surface area contributed by atoms with Gasteiger partial charge in [0, 0.05) is 13.0 Å². The van der Waals surface area contributed by atoms with Crippen LogP contribution >= 0.6 is 0 Å². The van der Waals surface area contributed by atoms with Gasteiger partial charge in [-0.15, -0.1) is 0 Å². The van der Waals surface area contributed by atoms with Gasteiger partial charge in [-0.2, -0.15) is 22.0 Å². The monoisotopic (exact) mass is 641 g/mol. The van der Waals surface area contributed by atoms with Crippen LogP contribution < -0.4 is 5.32 Å². The van der Waals surface area contributed by atoms with Crippen LogP contribution in [-0.2, 0) is 0 Å². The van der Waals surface area contributed by atoms with Gasteiger partial charge in [-0.05, 0) is 19.3 Å². The fraction of sp³-hybridized carbons (Fsp3) is 0.520. The summed E-state index contributed by atoms with van der Waals surface area (Å²) >= 11 is 0. The van der Waals surface area contributed by atoms with Gasteiger partial charge in [-0.25, -0.2) is 48.3 Å². The highest BCUT2D eigenvalue weighted by Crippen LogP contribution is 2.37. The molecule has 1 unspecified atom stereocenters. The first-order chi connectivity index (χ1) is 19.3. The Bertz CT molecular complexity index is 1070. The van der Waals surface area contributed by atoms with E-state index in [1.54, 1.807) is 0 Å². The number of hydrogen-bond acceptors (Lipinski definition) is 1. The van der Waals surface area contributed by atoms with E-state index in [1.165, 1.54) is 0 Å². The molecule has 42 heavy (non-hydrogen) atoms. The lowest BCUT2D eigenvalue weighted by Gasteiger charge is -2.21. The molecule has 0 aliphatic carbocycles. The Morgan fingerprint density at radius 2 is 0.881 bits per heavy atom. The van der Waals surface area contributed by atoms with E-state index < -0.39 is 94.1 Å². The van der Waals surface area contributed by atoms with Gasteiger partial charge in [-0.3, -0.25) is 5.32 Å². The minimum absolute atomic E-state index is 0.0361. The lowest BCUT2D eigenvalue weighted by molar-refractivity contribution is -0.135. The average Bonchev–Trinajstić information content (AvgIpc) is 2.92. The van der Waals surface area contributed by atoms with Crippen LogP contribution in [0.1, 0.15) is 58.3 Å². The maximum atomic E-state index is 13.4. The molecule has 0 bridgehead atoms. The third-order valence-corrected chi connectivity index (χ3v) is 5.62. The Kier molecular flexibility index (Phi) is 13.9. The molecular weight excluding hydrogens is 618 g/mol. The Morgan fingerprint density at radius 1 is 0.524 bits per heavy atom. The second-order valence-corrected chi connectivity index (χ2v) is 8.83. The summed E-state index contributed by atoms with van der Waals surface area (Å²) in [5.74, 6) is -26.6. The molecule has 1 N–H and O–H groups in total. The molecule has 0 aromatic heterocycles. The van der Waals surface area contributed by atoms with Crippen molar-refractivity contribution in [2.75, 3.05) is 6.54 Å². The van der Waals surface area contributed by atoms with Crippen molar-refractivity contribution in [3.05, 3.63) is 58.2 Å². The highest BCUT2D eigenvalue weighted by atomic mass is 19.4. The summed E-state index contributed by atoms with van der Waals surface area (Å²) in [6.45, 7) is 1.89. The van der Waals surface area contributed by atoms with E-state index in [-0.39, 0.29) is 32.2 Å². The van der Waals surface area contributed by atoms with Crippen LogP contribution in [0.3, 0.4) is 0 Å². The van der Waals surface area contributed by atoms with Gasteiger partial charge < -0.3 is 0 Å². The highest BCUT2D eigenvalue weighted by Gasteiger charge is 2.39. The predicted octanol–water partition coefficient (Wildman–Crippen LogP) is 9.95. The van der Waals surface area contributed by atoms with Gasteiger partial charge in [0.1, 0.15) is 0 Å². The lowest BCUT2D eigenvalue weighted by atomic mass is 10.0. The van der Waals surface area contributed by atoms with Crippen molar-refractivity contribution in [2.24, 2.45) is 0 Å². The molecule has 0 aliphatic heterocycles. The van der Waals surface area contributed by atoms with Crippen LogP contribution in [0.2, 0.25) is 0 Å². The van der Waals surface area contributed by atoms with Gasteiger partial charge in [-0.1, -0.05) is 32.6 Å². The second-order valence-electron chi connectivity index (χ2n) is 8.83. The summed E-state index contributed by atoms with van der Waals surface area (Å²) in [4.78, 5) is 0. The van der Waals surface area contributed by atoms with Crippen molar-refractivity contribution in [3.8, 4) is 11.1 Å². The number of rotatable bonds is 12. The Balaban J connectivity index is 0.000000423. The molecule has 1 atom stereocenters. The predicted molar refractivity (Wildman–Crippen MR) is 118 cm³/mol. The molecule has 2 rings (SSSR count). The van der Waals surface area contributed by atoms with E-state index in [0.717, 1.165) is 6.42 Å². The quantitative estimate of drug-likeness (QED) is 0.0800. The number of alkyl halides is 6. The number of nitrogens with one attached hydrogen (secondary N) is 1. The smallest absolute Gasteiger partial charge is 0.256 e. The van der Waals surface area contributed by atoms with E-state index in [9.17, 15) is 70.2 Å². The Morgan fingerprint density at radius 3 is 1.24 bits per heavy atom. The van der Waals surface area contributed by atoms with Gasteiger partial charge in [0.15, 0.2) is 52.7 Å². The van der Waals surface area contributed by atoms with Crippen molar-refractivity contribution in [1.29, 1.82) is 0 Å². The molecule has 0 saturated carbocycles. The van der Waals surface area contributed by atoms with Crippen molar-refractivity contribution >= 4 is 0 Å². The average molecular weight is 641 g/mol. The van der Waals surface area contributed by atoms with Gasteiger partial charge in [0.25, 0.3) is 0 Å². The first kappa shape index (κ1) is 37.3. The van der Waals surface area contributed by atoms with Crippen LogP contribution in [0.4, 0.5) is 70.2 Å². The molecule has 17 heteroatoms. The van der Waals surface area contributed by atoms with Crippen LogP contribution in [0.5, 0.6) is 0 Å². The van der Waals surface area contributed by atoms with Crippen molar-refractivity contribution in [3.63, 3.8) is 0 Å². The minimum Gasteiger partial charge on any atom is -0.256 e. The molecule has 0 spiro atoms. The maximum Gasteiger partial charge on any atom is 0.389 e. The molecule has 0 amide bonds. The van der Waals surface area contributed by atoms with Crippen molar-refractivity contribution in [1.82, 2.24) is 5.32 Å². The van der Waals surface area contributed by atoms with Gasteiger partial charge >= 0.3 is 12.2 Å². The maximum absolute atomic E-state index is 13.4. The van der Waals surface area contributed by atoms with Crippen LogP contribution in [-0.4, -0.2) is 24.9 Å². The largest absolute Gasteiger partial charge is 0.389 e. The molecule has 0 heterocycles. The normalized spacial score (nSPS) is 12.8. The SMILES string of the molecule is CCCCNC(F)(F)C(F)CCCCCCC(F)(F)F.Fc1c(F)c(F)c(-c2c(F)c(F)c(F)c(F)c2F)c(F)c1F. The summed E-state index contributed by atoms with van der Waals surface area (Å²) in [5.41, 5.74) is -4.52. The zero-order chi connectivity index (χ0) is 32.6. The third kappa shape index (κ3) is 9.66. The van der Waals surface area contributed by atoms with E-state index >= 15 is 0 Å². The molecule has 0 fully saturated rings. The van der Waals surface area contributed by atoms with E-state index in [1.807, 2.05) is 12.2 Å². The summed E-state index contributed by atoms with van der Waals surface area (Å²) in [6, 6.07) is -3.55. The molecule has 0 radical (unpaired) electrons. The number of halogens is 16. The molecule has 1 nitrogen and oxygen atoms in total. The fourth-order valence-electron chi connectivity index (χ4n) is 3.38. The molecule has 240 valence electrons. The summed E-state index contributed by atoms with van der Waals surface area (Å²) < 4.78 is 206. The Hall–Kier alpha value is -2.72. The van der Waals surface area contributed by atoms with E-state index in [0.29, 0.717) is 12.8 Å². The van der Waals surface area contributed by atoms with Crippen LogP contribution in [0.25, 0.3) is 11.1 Å². The van der Waals surface area contributed by atoms with Crippen molar-refractivity contribution < 1.29 is 70.2 Å². The second kappa shape index (κ2) is 15.7. The minimum atomic E-state index is -4.18.